The van der Waals surface area contributed by atoms with E-state index in [4.69, 9.17) is 12.2 Å². The van der Waals surface area contributed by atoms with Crippen molar-refractivity contribution in [1.82, 2.24) is 20.1 Å². The van der Waals surface area contributed by atoms with Crippen molar-refractivity contribution in [1.29, 1.82) is 0 Å². The van der Waals surface area contributed by atoms with Crippen molar-refractivity contribution in [2.24, 2.45) is 0 Å². The molecule has 6 heteroatoms. The van der Waals surface area contributed by atoms with Gasteiger partial charge < -0.3 is 20.1 Å². The summed E-state index contributed by atoms with van der Waals surface area (Å²) < 4.78 is 0. The van der Waals surface area contributed by atoms with Gasteiger partial charge in [0.15, 0.2) is 5.11 Å². The van der Waals surface area contributed by atoms with E-state index in [1.807, 2.05) is 51.4 Å². The predicted octanol–water partition coefficient (Wildman–Crippen LogP) is 4.14. The largest absolute Gasteiger partial charge is 0.356 e. The van der Waals surface area contributed by atoms with E-state index in [0.717, 1.165) is 40.7 Å². The Bertz CT molecular complexity index is 1110. The van der Waals surface area contributed by atoms with Crippen LogP contribution in [0.2, 0.25) is 0 Å². The zero-order chi connectivity index (χ0) is 22.5. The van der Waals surface area contributed by atoms with Crippen LogP contribution in [-0.2, 0) is 6.54 Å². The zero-order valence-electron chi connectivity index (χ0n) is 19.0. The molecule has 0 saturated carbocycles. The summed E-state index contributed by atoms with van der Waals surface area (Å²) in [5.74, 6) is 0. The molecule has 0 amide bonds. The van der Waals surface area contributed by atoms with Crippen LogP contribution in [0.4, 0.5) is 0 Å². The van der Waals surface area contributed by atoms with Crippen molar-refractivity contribution >= 4 is 28.2 Å². The van der Waals surface area contributed by atoms with Crippen LogP contribution in [0.1, 0.15) is 35.2 Å². The van der Waals surface area contributed by atoms with Crippen LogP contribution in [0.3, 0.4) is 0 Å². The minimum absolute atomic E-state index is 0.0636. The Balaban J connectivity index is 1.86. The maximum absolute atomic E-state index is 12.8. The lowest BCUT2D eigenvalue weighted by Crippen LogP contribution is -2.44. The average molecular weight is 437 g/mol. The van der Waals surface area contributed by atoms with Crippen molar-refractivity contribution in [2.75, 3.05) is 27.2 Å². The molecule has 0 bridgehead atoms. The molecule has 1 heterocycles. The molecule has 31 heavy (non-hydrogen) atoms. The van der Waals surface area contributed by atoms with E-state index in [1.165, 1.54) is 5.56 Å². The van der Waals surface area contributed by atoms with E-state index in [9.17, 15) is 4.79 Å². The second-order valence-corrected chi connectivity index (χ2v) is 8.86. The van der Waals surface area contributed by atoms with Gasteiger partial charge in [0.25, 0.3) is 5.56 Å². The number of hydrogen-bond donors (Lipinski definition) is 2. The van der Waals surface area contributed by atoms with E-state index < -0.39 is 0 Å². The van der Waals surface area contributed by atoms with Crippen LogP contribution in [0.15, 0.2) is 53.3 Å². The molecule has 0 fully saturated rings. The minimum atomic E-state index is -0.0636. The number of nitrogens with one attached hydrogen (secondary N) is 2. The number of aromatic amines is 1. The molecule has 164 valence electrons. The second kappa shape index (κ2) is 10.1. The van der Waals surface area contributed by atoms with Gasteiger partial charge in [-0.2, -0.15) is 0 Å². The molecule has 0 unspecified atom stereocenters. The normalized spacial score (nSPS) is 12.2. The van der Waals surface area contributed by atoms with Gasteiger partial charge in [-0.1, -0.05) is 36.4 Å². The molecule has 3 aromatic rings. The number of pyridine rings is 1. The van der Waals surface area contributed by atoms with Crippen LogP contribution in [0.5, 0.6) is 0 Å². The lowest BCUT2D eigenvalue weighted by molar-refractivity contribution is 0.320. The summed E-state index contributed by atoms with van der Waals surface area (Å²) in [4.78, 5) is 20.1. The van der Waals surface area contributed by atoms with E-state index in [-0.39, 0.29) is 11.6 Å². The molecule has 1 atom stereocenters. The summed E-state index contributed by atoms with van der Waals surface area (Å²) >= 11 is 5.77. The Morgan fingerprint density at radius 3 is 2.48 bits per heavy atom. The van der Waals surface area contributed by atoms with Crippen LogP contribution in [-0.4, -0.2) is 47.1 Å². The SMILES string of the molecule is Cc1cc(C)c2cc(CN(CCN(C)C)C(=S)N[C@@H](C)c3ccccc3)c(=O)[nH]c2c1. The number of rotatable bonds is 7. The van der Waals surface area contributed by atoms with Crippen molar-refractivity contribution < 1.29 is 0 Å². The van der Waals surface area contributed by atoms with Gasteiger partial charge in [0.05, 0.1) is 12.6 Å². The monoisotopic (exact) mass is 436 g/mol. The predicted molar refractivity (Wildman–Crippen MR) is 134 cm³/mol. The third-order valence-electron chi connectivity index (χ3n) is 5.49. The second-order valence-electron chi connectivity index (χ2n) is 8.47. The molecule has 1 aromatic heterocycles. The van der Waals surface area contributed by atoms with Gasteiger partial charge in [0.2, 0.25) is 0 Å². The molecular weight excluding hydrogens is 404 g/mol. The van der Waals surface area contributed by atoms with Gasteiger partial charge >= 0.3 is 0 Å². The lowest BCUT2D eigenvalue weighted by atomic mass is 10.0. The molecule has 5 nitrogen and oxygen atoms in total. The molecule has 3 rings (SSSR count). The first kappa shape index (κ1) is 23.0. The fourth-order valence-corrected chi connectivity index (χ4v) is 4.05. The first-order valence-electron chi connectivity index (χ1n) is 10.6. The molecule has 0 aliphatic carbocycles. The molecule has 0 aliphatic rings. The highest BCUT2D eigenvalue weighted by Crippen LogP contribution is 2.19. The van der Waals surface area contributed by atoms with Crippen molar-refractivity contribution in [3.8, 4) is 0 Å². The number of H-pyrrole nitrogens is 1. The quantitative estimate of drug-likeness (QED) is 0.545. The minimum Gasteiger partial charge on any atom is -0.356 e. The Hall–Kier alpha value is -2.70. The summed E-state index contributed by atoms with van der Waals surface area (Å²) in [6, 6.07) is 16.5. The van der Waals surface area contributed by atoms with E-state index >= 15 is 0 Å². The number of fused-ring (bicyclic) bond motifs is 1. The van der Waals surface area contributed by atoms with Crippen LogP contribution < -0.4 is 10.9 Å². The van der Waals surface area contributed by atoms with E-state index in [2.05, 4.69) is 52.1 Å². The Labute approximate surface area is 190 Å². The summed E-state index contributed by atoms with van der Waals surface area (Å²) in [7, 11) is 4.07. The van der Waals surface area contributed by atoms with E-state index in [0.29, 0.717) is 11.7 Å². The highest BCUT2D eigenvalue weighted by molar-refractivity contribution is 7.80. The van der Waals surface area contributed by atoms with Crippen molar-refractivity contribution in [3.05, 3.63) is 81.1 Å². The lowest BCUT2D eigenvalue weighted by Gasteiger charge is -2.29. The summed E-state index contributed by atoms with van der Waals surface area (Å²) in [6.45, 7) is 8.24. The summed E-state index contributed by atoms with van der Waals surface area (Å²) in [6.07, 6.45) is 0. The van der Waals surface area contributed by atoms with Crippen LogP contribution in [0, 0.1) is 13.8 Å². The number of nitrogens with zero attached hydrogens (tertiary/aromatic N) is 2. The first-order valence-corrected chi connectivity index (χ1v) is 11.0. The van der Waals surface area contributed by atoms with Gasteiger partial charge in [0, 0.05) is 29.6 Å². The summed E-state index contributed by atoms with van der Waals surface area (Å²) in [5, 5.41) is 5.17. The Morgan fingerprint density at radius 2 is 1.81 bits per heavy atom. The Kier molecular flexibility index (Phi) is 7.46. The molecule has 0 spiro atoms. The standard InChI is InChI=1S/C25H32N4OS/c1-17-13-18(2)22-15-21(24(30)27-23(22)14-17)16-29(12-11-28(4)5)25(31)26-19(3)20-9-7-6-8-10-20/h6-10,13-15,19H,11-12,16H2,1-5H3,(H,26,31)(H,27,30)/t19-/m0/s1. The Morgan fingerprint density at radius 1 is 1.10 bits per heavy atom. The molecule has 2 N–H and O–H groups in total. The maximum Gasteiger partial charge on any atom is 0.253 e. The van der Waals surface area contributed by atoms with Crippen molar-refractivity contribution in [2.45, 2.75) is 33.4 Å². The topological polar surface area (TPSA) is 51.4 Å². The number of aromatic nitrogens is 1. The van der Waals surface area contributed by atoms with Gasteiger partial charge in [-0.05, 0) is 75.9 Å². The van der Waals surface area contributed by atoms with Crippen LogP contribution >= 0.6 is 12.2 Å². The summed E-state index contributed by atoms with van der Waals surface area (Å²) in [5.41, 5.74) is 5.00. The number of hydrogen-bond acceptors (Lipinski definition) is 3. The van der Waals surface area contributed by atoms with Gasteiger partial charge in [-0.3, -0.25) is 4.79 Å². The van der Waals surface area contributed by atoms with Crippen molar-refractivity contribution in [3.63, 3.8) is 0 Å². The number of aryl methyl sites for hydroxylation is 2. The molecular formula is C25H32N4OS. The highest BCUT2D eigenvalue weighted by atomic mass is 32.1. The van der Waals surface area contributed by atoms with Crippen LogP contribution in [0.25, 0.3) is 10.9 Å². The fourth-order valence-electron chi connectivity index (χ4n) is 3.71. The molecule has 0 aliphatic heterocycles. The van der Waals surface area contributed by atoms with Gasteiger partial charge in [0.1, 0.15) is 0 Å². The maximum atomic E-state index is 12.8. The third kappa shape index (κ3) is 5.93. The van der Waals surface area contributed by atoms with E-state index in [1.54, 1.807) is 0 Å². The van der Waals surface area contributed by atoms with Gasteiger partial charge in [-0.15, -0.1) is 0 Å². The molecule has 0 saturated heterocycles. The first-order chi connectivity index (χ1) is 14.7. The highest BCUT2D eigenvalue weighted by Gasteiger charge is 2.16. The molecule has 2 aromatic carbocycles. The number of benzene rings is 2. The third-order valence-corrected chi connectivity index (χ3v) is 5.87. The fraction of sp³-hybridized carbons (Fsp3) is 0.360. The zero-order valence-corrected chi connectivity index (χ0v) is 19.8. The number of likely N-dealkylation sites (N-methyl/N-ethyl adjacent to an activating group) is 1. The van der Waals surface area contributed by atoms with Gasteiger partial charge in [-0.25, -0.2) is 0 Å². The molecule has 0 radical (unpaired) electrons. The smallest absolute Gasteiger partial charge is 0.253 e. The number of thiocarbonyl (C=S) groups is 1. The average Bonchev–Trinajstić information content (AvgIpc) is 2.71.